The molecular weight excluding hydrogens is 296 g/mol. The van der Waals surface area contributed by atoms with E-state index in [4.69, 9.17) is 14.2 Å². The molecule has 2 aromatic rings. The van der Waals surface area contributed by atoms with Crippen LogP contribution in [0.15, 0.2) is 30.5 Å². The quantitative estimate of drug-likeness (QED) is 0.886. The van der Waals surface area contributed by atoms with Crippen molar-refractivity contribution in [3.63, 3.8) is 0 Å². The highest BCUT2D eigenvalue weighted by atomic mass is 16.5. The van der Waals surface area contributed by atoms with E-state index in [1.807, 2.05) is 13.0 Å². The summed E-state index contributed by atoms with van der Waals surface area (Å²) in [4.78, 5) is 16.4. The van der Waals surface area contributed by atoms with E-state index in [1.54, 1.807) is 45.7 Å². The lowest BCUT2D eigenvalue weighted by molar-refractivity contribution is 0.0950. The zero-order valence-corrected chi connectivity index (χ0v) is 13.7. The predicted molar refractivity (Wildman–Crippen MR) is 86.2 cm³/mol. The summed E-state index contributed by atoms with van der Waals surface area (Å²) in [5, 5.41) is 2.84. The lowest BCUT2D eigenvalue weighted by Gasteiger charge is -2.12. The first-order chi connectivity index (χ1) is 11.1. The van der Waals surface area contributed by atoms with Crippen LogP contribution in [0.25, 0.3) is 0 Å². The fourth-order valence-electron chi connectivity index (χ4n) is 2.14. The van der Waals surface area contributed by atoms with Crippen LogP contribution < -0.4 is 19.5 Å². The van der Waals surface area contributed by atoms with Crippen molar-refractivity contribution in [2.45, 2.75) is 13.5 Å². The van der Waals surface area contributed by atoms with Crippen LogP contribution in [0.4, 0.5) is 0 Å². The topological polar surface area (TPSA) is 69.7 Å². The Labute approximate surface area is 135 Å². The van der Waals surface area contributed by atoms with Crippen molar-refractivity contribution in [3.8, 4) is 17.4 Å². The van der Waals surface area contributed by atoms with Crippen molar-refractivity contribution in [1.82, 2.24) is 10.3 Å². The molecule has 6 nitrogen and oxygen atoms in total. The van der Waals surface area contributed by atoms with Crippen molar-refractivity contribution in [2.75, 3.05) is 21.3 Å². The minimum atomic E-state index is -0.211. The van der Waals surface area contributed by atoms with E-state index >= 15 is 0 Å². The summed E-state index contributed by atoms with van der Waals surface area (Å²) in [5.41, 5.74) is 2.21. The molecule has 0 bridgehead atoms. The number of hydrogen-bond acceptors (Lipinski definition) is 5. The number of nitrogens with one attached hydrogen (secondary N) is 1. The number of carbonyl (C=O) groups is 1. The van der Waals surface area contributed by atoms with Crippen LogP contribution in [0, 0.1) is 6.92 Å². The highest BCUT2D eigenvalue weighted by molar-refractivity contribution is 5.95. The van der Waals surface area contributed by atoms with Crippen LogP contribution in [-0.2, 0) is 6.54 Å². The normalized spacial score (nSPS) is 10.1. The lowest BCUT2D eigenvalue weighted by Crippen LogP contribution is -2.23. The number of amides is 1. The maximum absolute atomic E-state index is 12.3. The van der Waals surface area contributed by atoms with Gasteiger partial charge in [-0.15, -0.1) is 0 Å². The van der Waals surface area contributed by atoms with E-state index in [9.17, 15) is 4.79 Å². The van der Waals surface area contributed by atoms with Gasteiger partial charge in [-0.3, -0.25) is 4.79 Å². The smallest absolute Gasteiger partial charge is 0.251 e. The fraction of sp³-hybridized carbons (Fsp3) is 0.294. The third-order valence-corrected chi connectivity index (χ3v) is 3.47. The number of aromatic nitrogens is 1. The Bertz CT molecular complexity index is 658. The van der Waals surface area contributed by atoms with Crippen LogP contribution in [0.1, 0.15) is 21.5 Å². The largest absolute Gasteiger partial charge is 0.496 e. The summed E-state index contributed by atoms with van der Waals surface area (Å²) < 4.78 is 15.6. The van der Waals surface area contributed by atoms with Crippen molar-refractivity contribution >= 4 is 5.91 Å². The second kappa shape index (κ2) is 7.49. The van der Waals surface area contributed by atoms with Crippen molar-refractivity contribution in [2.24, 2.45) is 0 Å². The average molecular weight is 316 g/mol. The predicted octanol–water partition coefficient (Wildman–Crippen LogP) is 2.35. The number of nitrogens with zero attached hydrogens (tertiary/aromatic N) is 1. The van der Waals surface area contributed by atoms with Gasteiger partial charge in [0.1, 0.15) is 11.5 Å². The van der Waals surface area contributed by atoms with Gasteiger partial charge in [0.05, 0.1) is 21.3 Å². The lowest BCUT2D eigenvalue weighted by atomic mass is 10.1. The number of ether oxygens (including phenoxy) is 3. The molecule has 1 amide bonds. The molecule has 1 aromatic carbocycles. The summed E-state index contributed by atoms with van der Waals surface area (Å²) in [5.74, 6) is 1.55. The van der Waals surface area contributed by atoms with Gasteiger partial charge in [-0.05, 0) is 24.6 Å². The van der Waals surface area contributed by atoms with Crippen molar-refractivity contribution < 1.29 is 19.0 Å². The van der Waals surface area contributed by atoms with Crippen LogP contribution in [0.3, 0.4) is 0 Å². The minimum Gasteiger partial charge on any atom is -0.496 e. The molecule has 23 heavy (non-hydrogen) atoms. The van der Waals surface area contributed by atoms with Crippen molar-refractivity contribution in [3.05, 3.63) is 47.2 Å². The summed E-state index contributed by atoms with van der Waals surface area (Å²) in [6, 6.07) is 6.99. The molecule has 0 atom stereocenters. The molecule has 6 heteroatoms. The second-order valence-corrected chi connectivity index (χ2v) is 4.90. The van der Waals surface area contributed by atoms with Gasteiger partial charge in [0, 0.05) is 29.9 Å². The summed E-state index contributed by atoms with van der Waals surface area (Å²) in [6.45, 7) is 2.25. The van der Waals surface area contributed by atoms with Gasteiger partial charge in [-0.2, -0.15) is 0 Å². The first kappa shape index (κ1) is 16.6. The van der Waals surface area contributed by atoms with E-state index in [1.165, 1.54) is 0 Å². The summed E-state index contributed by atoms with van der Waals surface area (Å²) in [7, 11) is 4.68. The zero-order chi connectivity index (χ0) is 16.8. The Hall–Kier alpha value is -2.76. The Morgan fingerprint density at radius 1 is 1.09 bits per heavy atom. The molecule has 1 N–H and O–H groups in total. The third kappa shape index (κ3) is 3.91. The van der Waals surface area contributed by atoms with Gasteiger partial charge in [0.15, 0.2) is 0 Å². The molecule has 122 valence electrons. The van der Waals surface area contributed by atoms with Crippen LogP contribution in [0.5, 0.6) is 17.4 Å². The average Bonchev–Trinajstić information content (AvgIpc) is 2.60. The molecule has 0 spiro atoms. The Balaban J connectivity index is 2.10. The maximum atomic E-state index is 12.3. The number of carbonyl (C=O) groups excluding carboxylic acids is 1. The standard InChI is InChI=1S/C17H20N2O4/c1-11-14(21-2)7-13(8-15(11)22-3)17(20)19-10-12-5-6-16(23-4)18-9-12/h5-9H,10H2,1-4H3,(H,19,20). The number of pyridine rings is 1. The SMILES string of the molecule is COc1ccc(CNC(=O)c2cc(OC)c(C)c(OC)c2)cn1. The van der Waals surface area contributed by atoms with Gasteiger partial charge in [0.25, 0.3) is 5.91 Å². The second-order valence-electron chi connectivity index (χ2n) is 4.90. The molecule has 0 saturated heterocycles. The van der Waals surface area contributed by atoms with E-state index < -0.39 is 0 Å². The molecule has 0 aliphatic carbocycles. The van der Waals surface area contributed by atoms with Crippen LogP contribution >= 0.6 is 0 Å². The zero-order valence-electron chi connectivity index (χ0n) is 13.7. The Morgan fingerprint density at radius 2 is 1.74 bits per heavy atom. The molecule has 0 unspecified atom stereocenters. The molecule has 2 rings (SSSR count). The van der Waals surface area contributed by atoms with Gasteiger partial charge in [-0.1, -0.05) is 6.07 Å². The number of benzene rings is 1. The van der Waals surface area contributed by atoms with E-state index in [0.717, 1.165) is 11.1 Å². The van der Waals surface area contributed by atoms with Gasteiger partial charge < -0.3 is 19.5 Å². The molecular formula is C17H20N2O4. The van der Waals surface area contributed by atoms with Crippen molar-refractivity contribution in [1.29, 1.82) is 0 Å². The Kier molecular flexibility index (Phi) is 5.41. The highest BCUT2D eigenvalue weighted by Gasteiger charge is 2.13. The molecule has 1 aromatic heterocycles. The first-order valence-electron chi connectivity index (χ1n) is 7.08. The molecule has 0 fully saturated rings. The van der Waals surface area contributed by atoms with Gasteiger partial charge in [-0.25, -0.2) is 4.98 Å². The van der Waals surface area contributed by atoms with E-state index in [0.29, 0.717) is 29.5 Å². The third-order valence-electron chi connectivity index (χ3n) is 3.47. The minimum absolute atomic E-state index is 0.211. The number of methoxy groups -OCH3 is 3. The molecule has 0 aliphatic rings. The van der Waals surface area contributed by atoms with E-state index in [2.05, 4.69) is 10.3 Å². The monoisotopic (exact) mass is 316 g/mol. The van der Waals surface area contributed by atoms with Gasteiger partial charge in [0.2, 0.25) is 5.88 Å². The number of rotatable bonds is 6. The van der Waals surface area contributed by atoms with Gasteiger partial charge >= 0.3 is 0 Å². The molecule has 0 radical (unpaired) electrons. The Morgan fingerprint density at radius 3 is 2.22 bits per heavy atom. The fourth-order valence-corrected chi connectivity index (χ4v) is 2.14. The first-order valence-corrected chi connectivity index (χ1v) is 7.08. The van der Waals surface area contributed by atoms with E-state index in [-0.39, 0.29) is 5.91 Å². The van der Waals surface area contributed by atoms with Crippen LogP contribution in [0.2, 0.25) is 0 Å². The number of hydrogen-bond donors (Lipinski definition) is 1. The van der Waals surface area contributed by atoms with Crippen LogP contribution in [-0.4, -0.2) is 32.2 Å². The molecule has 0 saturated carbocycles. The summed E-state index contributed by atoms with van der Waals surface area (Å²) >= 11 is 0. The maximum Gasteiger partial charge on any atom is 0.251 e. The highest BCUT2D eigenvalue weighted by Crippen LogP contribution is 2.29. The molecule has 1 heterocycles. The summed E-state index contributed by atoms with van der Waals surface area (Å²) in [6.07, 6.45) is 1.66. The molecule has 0 aliphatic heterocycles.